The molecule has 1 amide bonds. The summed E-state index contributed by atoms with van der Waals surface area (Å²) in [5.41, 5.74) is 1.09. The van der Waals surface area contributed by atoms with Crippen LogP contribution < -0.4 is 0 Å². The molecule has 1 aliphatic heterocycles. The molecule has 5 nitrogen and oxygen atoms in total. The summed E-state index contributed by atoms with van der Waals surface area (Å²) in [5.74, 6) is 0.237. The third kappa shape index (κ3) is 3.79. The van der Waals surface area contributed by atoms with Gasteiger partial charge in [-0.25, -0.2) is 0 Å². The molecule has 3 rings (SSSR count). The quantitative estimate of drug-likeness (QED) is 0.850. The lowest BCUT2D eigenvalue weighted by molar-refractivity contribution is -0.136. The Labute approximate surface area is 137 Å². The Morgan fingerprint density at radius 3 is 2.48 bits per heavy atom. The molecular formula is C18H24N4O. The van der Waals surface area contributed by atoms with Crippen molar-refractivity contribution >= 4 is 5.91 Å². The van der Waals surface area contributed by atoms with Gasteiger partial charge in [-0.2, -0.15) is 0 Å². The molecule has 0 radical (unpaired) electrons. The van der Waals surface area contributed by atoms with Gasteiger partial charge in [-0.3, -0.25) is 14.7 Å². The minimum atomic E-state index is -0.0765. The molecule has 0 unspecified atom stereocenters. The van der Waals surface area contributed by atoms with Gasteiger partial charge >= 0.3 is 0 Å². The van der Waals surface area contributed by atoms with Crippen LogP contribution in [-0.2, 0) is 11.3 Å². The first-order valence-corrected chi connectivity index (χ1v) is 8.31. The molecule has 2 aromatic heterocycles. The van der Waals surface area contributed by atoms with E-state index in [-0.39, 0.29) is 11.9 Å². The van der Waals surface area contributed by atoms with Gasteiger partial charge in [0.05, 0.1) is 5.69 Å². The number of hydrogen-bond donors (Lipinski definition) is 0. The van der Waals surface area contributed by atoms with Crippen LogP contribution in [0.3, 0.4) is 0 Å². The number of hydrogen-bond acceptors (Lipinski definition) is 3. The molecule has 0 saturated carbocycles. The van der Waals surface area contributed by atoms with Crippen LogP contribution in [0.1, 0.15) is 25.1 Å². The average molecular weight is 312 g/mol. The fourth-order valence-corrected chi connectivity index (χ4v) is 3.13. The number of amides is 1. The molecule has 0 bridgehead atoms. The summed E-state index contributed by atoms with van der Waals surface area (Å²) in [6.45, 7) is 6.33. The monoisotopic (exact) mass is 312 g/mol. The van der Waals surface area contributed by atoms with Gasteiger partial charge in [0, 0.05) is 51.3 Å². The van der Waals surface area contributed by atoms with E-state index in [4.69, 9.17) is 0 Å². The van der Waals surface area contributed by atoms with E-state index in [1.165, 1.54) is 0 Å². The van der Waals surface area contributed by atoms with Gasteiger partial charge in [0.25, 0.3) is 0 Å². The van der Waals surface area contributed by atoms with Crippen molar-refractivity contribution in [3.05, 3.63) is 54.6 Å². The Balaban J connectivity index is 1.55. The zero-order valence-corrected chi connectivity index (χ0v) is 13.6. The highest BCUT2D eigenvalue weighted by molar-refractivity contribution is 5.80. The summed E-state index contributed by atoms with van der Waals surface area (Å²) in [4.78, 5) is 21.5. The van der Waals surface area contributed by atoms with Crippen molar-refractivity contribution < 1.29 is 4.79 Å². The molecule has 5 heteroatoms. The first-order valence-electron chi connectivity index (χ1n) is 8.31. The van der Waals surface area contributed by atoms with Crippen LogP contribution in [0.4, 0.5) is 0 Å². The smallest absolute Gasteiger partial charge is 0.245 e. The third-order valence-electron chi connectivity index (χ3n) is 4.45. The van der Waals surface area contributed by atoms with Gasteiger partial charge in [-0.1, -0.05) is 13.0 Å². The summed E-state index contributed by atoms with van der Waals surface area (Å²) in [7, 11) is 0. The Morgan fingerprint density at radius 1 is 1.13 bits per heavy atom. The van der Waals surface area contributed by atoms with Gasteiger partial charge in [0.1, 0.15) is 6.04 Å². The van der Waals surface area contributed by atoms with E-state index in [0.717, 1.165) is 44.8 Å². The topological polar surface area (TPSA) is 41.4 Å². The molecule has 0 aromatic carbocycles. The van der Waals surface area contributed by atoms with Gasteiger partial charge in [-0.15, -0.1) is 0 Å². The van der Waals surface area contributed by atoms with Crippen molar-refractivity contribution in [3.63, 3.8) is 0 Å². The van der Waals surface area contributed by atoms with Crippen molar-refractivity contribution in [1.29, 1.82) is 0 Å². The number of carbonyl (C=O) groups is 1. The van der Waals surface area contributed by atoms with Gasteiger partial charge in [0.15, 0.2) is 0 Å². The number of rotatable bonds is 5. The lowest BCUT2D eigenvalue weighted by Gasteiger charge is -2.36. The largest absolute Gasteiger partial charge is 0.342 e. The van der Waals surface area contributed by atoms with E-state index in [9.17, 15) is 4.79 Å². The van der Waals surface area contributed by atoms with Crippen LogP contribution in [0.25, 0.3) is 0 Å². The second-order valence-electron chi connectivity index (χ2n) is 5.98. The first-order chi connectivity index (χ1) is 11.3. The minimum absolute atomic E-state index is 0.0765. The van der Waals surface area contributed by atoms with E-state index >= 15 is 0 Å². The van der Waals surface area contributed by atoms with Gasteiger partial charge < -0.3 is 9.47 Å². The maximum atomic E-state index is 12.8. The van der Waals surface area contributed by atoms with Crippen LogP contribution in [-0.4, -0.2) is 51.4 Å². The minimum Gasteiger partial charge on any atom is -0.342 e. The molecule has 0 aliphatic carbocycles. The summed E-state index contributed by atoms with van der Waals surface area (Å²) >= 11 is 0. The maximum Gasteiger partial charge on any atom is 0.245 e. The van der Waals surface area contributed by atoms with Crippen molar-refractivity contribution in [2.24, 2.45) is 0 Å². The fourth-order valence-electron chi connectivity index (χ4n) is 3.13. The summed E-state index contributed by atoms with van der Waals surface area (Å²) in [5, 5.41) is 0. The van der Waals surface area contributed by atoms with Crippen LogP contribution >= 0.6 is 0 Å². The van der Waals surface area contributed by atoms with Crippen LogP contribution in [0.5, 0.6) is 0 Å². The predicted octanol–water partition coefficient (Wildman–Crippen LogP) is 2.18. The normalized spacial score (nSPS) is 17.2. The average Bonchev–Trinajstić information content (AvgIpc) is 3.11. The highest BCUT2D eigenvalue weighted by Crippen LogP contribution is 2.17. The Kier molecular flexibility index (Phi) is 5.08. The first kappa shape index (κ1) is 15.7. The van der Waals surface area contributed by atoms with Crippen LogP contribution in [0, 0.1) is 0 Å². The summed E-state index contributed by atoms with van der Waals surface area (Å²) in [6, 6.07) is 9.88. The molecule has 1 atom stereocenters. The van der Waals surface area contributed by atoms with E-state index in [1.807, 2.05) is 52.3 Å². The van der Waals surface area contributed by atoms with Crippen LogP contribution in [0.2, 0.25) is 0 Å². The zero-order chi connectivity index (χ0) is 16.1. The lowest BCUT2D eigenvalue weighted by Crippen LogP contribution is -2.50. The molecular weight excluding hydrogens is 288 g/mol. The fraction of sp³-hybridized carbons (Fsp3) is 0.444. The van der Waals surface area contributed by atoms with E-state index in [1.54, 1.807) is 0 Å². The number of piperazine rings is 1. The Morgan fingerprint density at radius 2 is 1.87 bits per heavy atom. The highest BCUT2D eigenvalue weighted by Gasteiger charge is 2.27. The SMILES string of the molecule is CC[C@H](C(=O)N1CCN(Cc2ccccn2)CC1)n1cccc1. The predicted molar refractivity (Wildman–Crippen MR) is 89.9 cm³/mol. The molecule has 3 heterocycles. The van der Waals surface area contributed by atoms with Crippen LogP contribution in [0.15, 0.2) is 48.9 Å². The van der Waals surface area contributed by atoms with E-state index in [2.05, 4.69) is 22.9 Å². The Bertz CT molecular complexity index is 603. The number of carbonyl (C=O) groups excluding carboxylic acids is 1. The molecule has 122 valence electrons. The standard InChI is InChI=1S/C18H24N4O/c1-2-17(21-9-5-6-10-21)18(23)22-13-11-20(12-14-22)15-16-7-3-4-8-19-16/h3-10,17H,2,11-15H2,1H3/t17-/m1/s1. The second kappa shape index (κ2) is 7.42. The molecule has 2 aromatic rings. The van der Waals surface area contributed by atoms with Crippen molar-refractivity contribution in [3.8, 4) is 0 Å². The molecule has 23 heavy (non-hydrogen) atoms. The summed E-state index contributed by atoms with van der Waals surface area (Å²) in [6.07, 6.45) is 6.60. The van der Waals surface area contributed by atoms with Crippen molar-refractivity contribution in [2.75, 3.05) is 26.2 Å². The van der Waals surface area contributed by atoms with Gasteiger partial charge in [-0.05, 0) is 30.7 Å². The zero-order valence-electron chi connectivity index (χ0n) is 13.6. The van der Waals surface area contributed by atoms with E-state index < -0.39 is 0 Å². The van der Waals surface area contributed by atoms with Crippen molar-refractivity contribution in [1.82, 2.24) is 19.4 Å². The van der Waals surface area contributed by atoms with Gasteiger partial charge in [0.2, 0.25) is 5.91 Å². The molecule has 1 saturated heterocycles. The lowest BCUT2D eigenvalue weighted by atomic mass is 10.1. The number of aromatic nitrogens is 2. The summed E-state index contributed by atoms with van der Waals surface area (Å²) < 4.78 is 2.02. The van der Waals surface area contributed by atoms with Crippen molar-refractivity contribution in [2.45, 2.75) is 25.9 Å². The second-order valence-corrected chi connectivity index (χ2v) is 5.98. The third-order valence-corrected chi connectivity index (χ3v) is 4.45. The maximum absolute atomic E-state index is 12.8. The number of nitrogens with zero attached hydrogens (tertiary/aromatic N) is 4. The Hall–Kier alpha value is -2.14. The highest BCUT2D eigenvalue weighted by atomic mass is 16.2. The number of pyridine rings is 1. The molecule has 0 spiro atoms. The molecule has 1 aliphatic rings. The molecule has 1 fully saturated rings. The molecule has 0 N–H and O–H groups in total. The van der Waals surface area contributed by atoms with E-state index in [0.29, 0.717) is 0 Å².